The van der Waals surface area contributed by atoms with Gasteiger partial charge >= 0.3 is 0 Å². The highest BCUT2D eigenvalue weighted by Crippen LogP contribution is 2.31. The van der Waals surface area contributed by atoms with E-state index in [2.05, 4.69) is 4.98 Å². The maximum Gasteiger partial charge on any atom is 0.265 e. The number of rotatable bonds is 3. The number of nitrogens with one attached hydrogen (secondary N) is 1. The van der Waals surface area contributed by atoms with Crippen LogP contribution in [0.4, 0.5) is 5.69 Å². The summed E-state index contributed by atoms with van der Waals surface area (Å²) < 4.78 is 27.2. The number of hydrogen-bond donors (Lipinski definition) is 2. The third kappa shape index (κ3) is 2.56. The van der Waals surface area contributed by atoms with E-state index >= 15 is 0 Å². The van der Waals surface area contributed by atoms with Gasteiger partial charge in [0, 0.05) is 18.4 Å². The molecule has 112 valence electrons. The highest BCUT2D eigenvalue weighted by atomic mass is 32.2. The highest BCUT2D eigenvalue weighted by molar-refractivity contribution is 7.92. The predicted molar refractivity (Wildman–Crippen MR) is 80.6 cm³/mol. The first-order valence-electron chi connectivity index (χ1n) is 7.02. The fourth-order valence-corrected chi connectivity index (χ4v) is 4.25. The Morgan fingerprint density at radius 1 is 1.24 bits per heavy atom. The first-order chi connectivity index (χ1) is 10.1. The van der Waals surface area contributed by atoms with E-state index in [4.69, 9.17) is 5.11 Å². The van der Waals surface area contributed by atoms with E-state index in [0.717, 1.165) is 30.5 Å². The molecule has 0 spiro atoms. The molecule has 0 radical (unpaired) electrons. The van der Waals surface area contributed by atoms with Crippen molar-refractivity contribution in [2.75, 3.05) is 10.8 Å². The third-order valence-electron chi connectivity index (χ3n) is 3.79. The fraction of sp³-hybridized carbons (Fsp3) is 0.333. The van der Waals surface area contributed by atoms with Crippen LogP contribution in [0.5, 0.6) is 0 Å². The van der Waals surface area contributed by atoms with Crippen LogP contribution in [-0.2, 0) is 23.1 Å². The summed E-state index contributed by atoms with van der Waals surface area (Å²) in [6, 6.07) is 9.14. The van der Waals surface area contributed by atoms with Crippen molar-refractivity contribution in [2.45, 2.75) is 30.8 Å². The van der Waals surface area contributed by atoms with Gasteiger partial charge in [0.1, 0.15) is 4.90 Å². The number of aromatic nitrogens is 1. The summed E-state index contributed by atoms with van der Waals surface area (Å²) in [6.45, 7) is 0.283. The van der Waals surface area contributed by atoms with E-state index in [9.17, 15) is 8.42 Å². The van der Waals surface area contributed by atoms with Crippen molar-refractivity contribution in [1.82, 2.24) is 4.98 Å². The molecule has 2 heterocycles. The number of sulfonamides is 1. The van der Waals surface area contributed by atoms with E-state index in [1.807, 2.05) is 24.3 Å². The molecule has 0 saturated heterocycles. The molecule has 6 heteroatoms. The zero-order valence-electron chi connectivity index (χ0n) is 11.6. The Hall–Kier alpha value is -1.79. The second-order valence-electron chi connectivity index (χ2n) is 5.18. The number of aliphatic hydroxyl groups excluding tert-OH is 1. The lowest BCUT2D eigenvalue weighted by molar-refractivity contribution is 0.277. The molecule has 0 amide bonds. The van der Waals surface area contributed by atoms with Crippen LogP contribution in [0.25, 0.3) is 0 Å². The van der Waals surface area contributed by atoms with Crippen molar-refractivity contribution in [3.8, 4) is 0 Å². The van der Waals surface area contributed by atoms with E-state index in [0.29, 0.717) is 12.2 Å². The van der Waals surface area contributed by atoms with Crippen LogP contribution >= 0.6 is 0 Å². The minimum absolute atomic E-state index is 0.197. The third-order valence-corrected chi connectivity index (χ3v) is 5.58. The number of hydrogen-bond acceptors (Lipinski definition) is 3. The van der Waals surface area contributed by atoms with E-state index in [1.54, 1.807) is 0 Å². The number of fused-ring (bicyclic) bond motifs is 1. The quantitative estimate of drug-likeness (QED) is 0.911. The zero-order valence-corrected chi connectivity index (χ0v) is 12.4. The Kier molecular flexibility index (Phi) is 3.73. The minimum atomic E-state index is -3.60. The van der Waals surface area contributed by atoms with Gasteiger partial charge < -0.3 is 10.1 Å². The molecule has 21 heavy (non-hydrogen) atoms. The van der Waals surface area contributed by atoms with Crippen LogP contribution in [0.1, 0.15) is 24.1 Å². The Labute approximate surface area is 124 Å². The van der Waals surface area contributed by atoms with Crippen molar-refractivity contribution in [2.24, 2.45) is 0 Å². The van der Waals surface area contributed by atoms with Gasteiger partial charge in [0.05, 0.1) is 12.3 Å². The van der Waals surface area contributed by atoms with Crippen molar-refractivity contribution in [3.05, 3.63) is 47.8 Å². The van der Waals surface area contributed by atoms with Crippen LogP contribution < -0.4 is 4.31 Å². The zero-order chi connectivity index (χ0) is 14.9. The lowest BCUT2D eigenvalue weighted by atomic mass is 10.1. The van der Waals surface area contributed by atoms with Crippen molar-refractivity contribution in [3.63, 3.8) is 0 Å². The van der Waals surface area contributed by atoms with Gasteiger partial charge in [0.2, 0.25) is 0 Å². The average molecular weight is 306 g/mol. The summed E-state index contributed by atoms with van der Waals surface area (Å²) in [5.74, 6) is 0. The van der Waals surface area contributed by atoms with Crippen LogP contribution in [0, 0.1) is 0 Å². The number of H-pyrrole nitrogens is 1. The topological polar surface area (TPSA) is 73.4 Å². The van der Waals surface area contributed by atoms with Crippen LogP contribution in [0.3, 0.4) is 0 Å². The van der Waals surface area contributed by atoms with Gasteiger partial charge in [-0.15, -0.1) is 0 Å². The lowest BCUT2D eigenvalue weighted by Gasteiger charge is -2.23. The molecule has 0 unspecified atom stereocenters. The van der Waals surface area contributed by atoms with Gasteiger partial charge in [-0.25, -0.2) is 8.42 Å². The normalized spacial score (nSPS) is 15.6. The molecule has 2 aromatic rings. The van der Waals surface area contributed by atoms with Gasteiger partial charge in [-0.2, -0.15) is 0 Å². The van der Waals surface area contributed by atoms with Gasteiger partial charge in [-0.1, -0.05) is 18.2 Å². The van der Waals surface area contributed by atoms with Crippen molar-refractivity contribution >= 4 is 15.7 Å². The molecule has 1 aliphatic rings. The molecule has 3 rings (SSSR count). The summed E-state index contributed by atoms with van der Waals surface area (Å²) in [5.41, 5.74) is 2.33. The number of para-hydroxylation sites is 1. The van der Waals surface area contributed by atoms with Gasteiger partial charge in [0.25, 0.3) is 10.0 Å². The molecule has 2 N–H and O–H groups in total. The summed E-state index contributed by atoms with van der Waals surface area (Å²) in [5, 5.41) is 9.09. The molecule has 1 aliphatic heterocycles. The maximum absolute atomic E-state index is 12.9. The SMILES string of the molecule is O=S(=O)(c1c[nH]c(CO)c1)N1CCCCc2ccccc21. The van der Waals surface area contributed by atoms with Crippen LogP contribution in [0.15, 0.2) is 41.4 Å². The second-order valence-corrected chi connectivity index (χ2v) is 7.04. The number of nitrogens with zero attached hydrogens (tertiary/aromatic N) is 1. The smallest absolute Gasteiger partial charge is 0.265 e. The Bertz CT molecular complexity index is 737. The maximum atomic E-state index is 12.9. The van der Waals surface area contributed by atoms with Crippen molar-refractivity contribution in [1.29, 1.82) is 0 Å². The first kappa shape index (κ1) is 14.2. The molecule has 0 saturated carbocycles. The lowest BCUT2D eigenvalue weighted by Crippen LogP contribution is -2.31. The average Bonchev–Trinajstić information content (AvgIpc) is 2.87. The molecule has 0 atom stereocenters. The van der Waals surface area contributed by atoms with Crippen LogP contribution in [0.2, 0.25) is 0 Å². The molecular formula is C15H18N2O3S. The number of anilines is 1. The fourth-order valence-electron chi connectivity index (χ4n) is 2.69. The monoisotopic (exact) mass is 306 g/mol. The Morgan fingerprint density at radius 3 is 2.81 bits per heavy atom. The number of aryl methyl sites for hydroxylation is 1. The summed E-state index contributed by atoms with van der Waals surface area (Å²) >= 11 is 0. The molecule has 0 bridgehead atoms. The number of benzene rings is 1. The molecule has 1 aromatic carbocycles. The Morgan fingerprint density at radius 2 is 2.05 bits per heavy atom. The molecular weight excluding hydrogens is 288 g/mol. The van der Waals surface area contributed by atoms with Gasteiger partial charge in [-0.05, 0) is 37.0 Å². The predicted octanol–water partition coefficient (Wildman–Crippen LogP) is 2.04. The van der Waals surface area contributed by atoms with E-state index in [-0.39, 0.29) is 11.5 Å². The molecule has 5 nitrogen and oxygen atoms in total. The first-order valence-corrected chi connectivity index (χ1v) is 8.46. The molecule has 0 fully saturated rings. The standard InChI is InChI=1S/C15H18N2O3S/c18-11-13-9-14(10-16-13)21(19,20)17-8-4-3-6-12-5-1-2-7-15(12)17/h1-2,5,7,9-10,16,18H,3-4,6,8,11H2. The summed E-state index contributed by atoms with van der Waals surface area (Å²) in [4.78, 5) is 2.98. The summed E-state index contributed by atoms with van der Waals surface area (Å²) in [6.07, 6.45) is 4.16. The van der Waals surface area contributed by atoms with E-state index < -0.39 is 10.0 Å². The largest absolute Gasteiger partial charge is 0.390 e. The highest BCUT2D eigenvalue weighted by Gasteiger charge is 2.28. The molecule has 0 aliphatic carbocycles. The van der Waals surface area contributed by atoms with Crippen LogP contribution in [-0.4, -0.2) is 25.1 Å². The van der Waals surface area contributed by atoms with E-state index in [1.165, 1.54) is 16.6 Å². The number of aromatic amines is 1. The Balaban J connectivity index is 2.06. The van der Waals surface area contributed by atoms with Crippen molar-refractivity contribution < 1.29 is 13.5 Å². The minimum Gasteiger partial charge on any atom is -0.390 e. The number of aliphatic hydroxyl groups is 1. The van der Waals surface area contributed by atoms with Gasteiger partial charge in [0.15, 0.2) is 0 Å². The molecule has 1 aromatic heterocycles. The summed E-state index contributed by atoms with van der Waals surface area (Å²) in [7, 11) is -3.60. The van der Waals surface area contributed by atoms with Gasteiger partial charge in [-0.3, -0.25) is 4.31 Å². The second kappa shape index (κ2) is 5.54.